The molecule has 0 aliphatic heterocycles. The van der Waals surface area contributed by atoms with Crippen molar-refractivity contribution < 1.29 is 9.18 Å². The zero-order chi connectivity index (χ0) is 16.4. The van der Waals surface area contributed by atoms with Gasteiger partial charge in [0.1, 0.15) is 5.82 Å². The molecule has 0 aliphatic carbocycles. The number of rotatable bonds is 3. The van der Waals surface area contributed by atoms with E-state index in [9.17, 15) is 14.0 Å². The monoisotopic (exact) mass is 310 g/mol. The molecule has 0 spiro atoms. The highest BCUT2D eigenvalue weighted by Crippen LogP contribution is 2.21. The molecule has 3 rings (SSSR count). The van der Waals surface area contributed by atoms with Crippen LogP contribution in [0.3, 0.4) is 0 Å². The minimum Gasteiger partial charge on any atom is -0.325 e. The van der Waals surface area contributed by atoms with Crippen LogP contribution in [-0.4, -0.2) is 10.5 Å². The fourth-order valence-corrected chi connectivity index (χ4v) is 2.49. The summed E-state index contributed by atoms with van der Waals surface area (Å²) in [5.41, 5.74) is 0.746. The van der Waals surface area contributed by atoms with E-state index in [1.54, 1.807) is 55.7 Å². The summed E-state index contributed by atoms with van der Waals surface area (Å²) in [6.45, 7) is 0. The second kappa shape index (κ2) is 6.04. The highest BCUT2D eigenvalue weighted by molar-refractivity contribution is 6.02. The van der Waals surface area contributed by atoms with Crippen LogP contribution in [0.5, 0.6) is 0 Å². The fourth-order valence-electron chi connectivity index (χ4n) is 2.49. The van der Waals surface area contributed by atoms with Crippen LogP contribution < -0.4 is 10.9 Å². The first-order chi connectivity index (χ1) is 11.1. The van der Waals surface area contributed by atoms with Gasteiger partial charge >= 0.3 is 0 Å². The molecule has 2 aromatic carbocycles. The molecule has 5 heteroatoms. The molecule has 0 saturated heterocycles. The largest absolute Gasteiger partial charge is 0.325 e. The molecule has 0 atom stereocenters. The van der Waals surface area contributed by atoms with E-state index in [0.29, 0.717) is 22.0 Å². The van der Waals surface area contributed by atoms with Gasteiger partial charge in [0.25, 0.3) is 5.56 Å². The first-order valence-corrected chi connectivity index (χ1v) is 7.18. The van der Waals surface area contributed by atoms with Crippen LogP contribution in [-0.2, 0) is 18.3 Å². The zero-order valence-corrected chi connectivity index (χ0v) is 12.5. The van der Waals surface area contributed by atoms with Gasteiger partial charge in [0.2, 0.25) is 5.91 Å². The predicted molar refractivity (Wildman–Crippen MR) is 87.9 cm³/mol. The van der Waals surface area contributed by atoms with E-state index >= 15 is 0 Å². The fraction of sp³-hybridized carbons (Fsp3) is 0.111. The number of hydrogen-bond acceptors (Lipinski definition) is 2. The Morgan fingerprint density at radius 2 is 1.87 bits per heavy atom. The summed E-state index contributed by atoms with van der Waals surface area (Å²) in [7, 11) is 1.67. The molecular weight excluding hydrogens is 295 g/mol. The Morgan fingerprint density at radius 1 is 1.09 bits per heavy atom. The Bertz CT molecular complexity index is 947. The van der Waals surface area contributed by atoms with Gasteiger partial charge in [0.15, 0.2) is 0 Å². The van der Waals surface area contributed by atoms with E-state index in [1.807, 2.05) is 0 Å². The maximum absolute atomic E-state index is 13.6. The van der Waals surface area contributed by atoms with Crippen LogP contribution in [0.25, 0.3) is 10.8 Å². The smallest absolute Gasteiger partial charge is 0.258 e. The average Bonchev–Trinajstić information content (AvgIpc) is 2.54. The first kappa shape index (κ1) is 15.0. The molecule has 116 valence electrons. The van der Waals surface area contributed by atoms with E-state index in [2.05, 4.69) is 5.32 Å². The number of aryl methyl sites for hydroxylation is 1. The van der Waals surface area contributed by atoms with E-state index in [0.717, 1.165) is 0 Å². The summed E-state index contributed by atoms with van der Waals surface area (Å²) in [6.07, 6.45) is 1.59. The van der Waals surface area contributed by atoms with E-state index in [4.69, 9.17) is 0 Å². The standard InChI is InChI=1S/C18H15FN2O2/c1-21-10-9-13-14(18(21)23)6-4-8-16(13)20-17(22)11-12-5-2-3-7-15(12)19/h2-10H,11H2,1H3,(H,20,22). The molecule has 0 saturated carbocycles. The summed E-state index contributed by atoms with van der Waals surface area (Å²) in [5, 5.41) is 3.94. The summed E-state index contributed by atoms with van der Waals surface area (Å²) < 4.78 is 15.1. The number of halogens is 1. The predicted octanol–water partition coefficient (Wildman–Crippen LogP) is 2.86. The topological polar surface area (TPSA) is 51.1 Å². The summed E-state index contributed by atoms with van der Waals surface area (Å²) in [5.74, 6) is -0.738. The van der Waals surface area contributed by atoms with Gasteiger partial charge in [-0.05, 0) is 29.8 Å². The van der Waals surface area contributed by atoms with Gasteiger partial charge in [-0.25, -0.2) is 4.39 Å². The number of aromatic nitrogens is 1. The average molecular weight is 310 g/mol. The van der Waals surface area contributed by atoms with Crippen molar-refractivity contribution in [2.24, 2.45) is 7.05 Å². The molecular formula is C18H15FN2O2. The molecule has 0 aliphatic rings. The third-order valence-electron chi connectivity index (χ3n) is 3.70. The van der Waals surface area contributed by atoms with E-state index in [1.165, 1.54) is 10.6 Å². The summed E-state index contributed by atoms with van der Waals surface area (Å²) >= 11 is 0. The third kappa shape index (κ3) is 2.99. The molecule has 1 amide bonds. The van der Waals surface area contributed by atoms with Gasteiger partial charge in [0.05, 0.1) is 6.42 Å². The number of anilines is 1. The van der Waals surface area contributed by atoms with Crippen LogP contribution in [0.4, 0.5) is 10.1 Å². The molecule has 4 nitrogen and oxygen atoms in total. The number of fused-ring (bicyclic) bond motifs is 1. The molecule has 3 aromatic rings. The Labute approximate surface area is 132 Å². The van der Waals surface area contributed by atoms with Crippen LogP contribution in [0.1, 0.15) is 5.56 Å². The third-order valence-corrected chi connectivity index (χ3v) is 3.70. The number of carbonyl (C=O) groups is 1. The number of hydrogen-bond donors (Lipinski definition) is 1. The second-order valence-corrected chi connectivity index (χ2v) is 5.31. The van der Waals surface area contributed by atoms with Gasteiger partial charge < -0.3 is 9.88 Å². The first-order valence-electron chi connectivity index (χ1n) is 7.18. The van der Waals surface area contributed by atoms with Gasteiger partial charge in [-0.1, -0.05) is 24.3 Å². The highest BCUT2D eigenvalue weighted by atomic mass is 19.1. The van der Waals surface area contributed by atoms with Gasteiger partial charge in [-0.3, -0.25) is 9.59 Å². The minimum absolute atomic E-state index is 0.0616. The lowest BCUT2D eigenvalue weighted by Gasteiger charge is -2.10. The summed E-state index contributed by atoms with van der Waals surface area (Å²) in [4.78, 5) is 24.3. The normalized spacial score (nSPS) is 10.7. The van der Waals surface area contributed by atoms with Gasteiger partial charge in [-0.15, -0.1) is 0 Å². The van der Waals surface area contributed by atoms with Crippen molar-refractivity contribution in [3.05, 3.63) is 76.5 Å². The lowest BCUT2D eigenvalue weighted by atomic mass is 10.1. The summed E-state index contributed by atoms with van der Waals surface area (Å²) in [6, 6.07) is 13.1. The van der Waals surface area contributed by atoms with Crippen molar-refractivity contribution >= 4 is 22.4 Å². The van der Waals surface area contributed by atoms with Gasteiger partial charge in [0, 0.05) is 29.7 Å². The lowest BCUT2D eigenvalue weighted by Crippen LogP contribution is -2.18. The molecule has 0 fully saturated rings. The number of carbonyl (C=O) groups excluding carboxylic acids is 1. The molecule has 1 aromatic heterocycles. The Hall–Kier alpha value is -2.95. The Morgan fingerprint density at radius 3 is 2.65 bits per heavy atom. The second-order valence-electron chi connectivity index (χ2n) is 5.31. The highest BCUT2D eigenvalue weighted by Gasteiger charge is 2.10. The number of nitrogens with one attached hydrogen (secondary N) is 1. The zero-order valence-electron chi connectivity index (χ0n) is 12.5. The van der Waals surface area contributed by atoms with Crippen LogP contribution >= 0.6 is 0 Å². The number of nitrogens with zero attached hydrogens (tertiary/aromatic N) is 1. The molecule has 1 heterocycles. The molecule has 0 radical (unpaired) electrons. The van der Waals surface area contributed by atoms with Crippen molar-refractivity contribution in [3.63, 3.8) is 0 Å². The number of pyridine rings is 1. The molecule has 1 N–H and O–H groups in total. The van der Waals surface area contributed by atoms with Crippen molar-refractivity contribution in [3.8, 4) is 0 Å². The van der Waals surface area contributed by atoms with Crippen molar-refractivity contribution in [1.82, 2.24) is 4.57 Å². The Balaban J connectivity index is 1.90. The molecule has 23 heavy (non-hydrogen) atoms. The van der Waals surface area contributed by atoms with E-state index < -0.39 is 5.82 Å². The molecule has 0 bridgehead atoms. The number of benzene rings is 2. The number of amides is 1. The van der Waals surface area contributed by atoms with E-state index in [-0.39, 0.29) is 17.9 Å². The van der Waals surface area contributed by atoms with Crippen molar-refractivity contribution in [1.29, 1.82) is 0 Å². The SMILES string of the molecule is Cn1ccc2c(NC(=O)Cc3ccccc3F)cccc2c1=O. The molecule has 0 unspecified atom stereocenters. The maximum atomic E-state index is 13.6. The van der Waals surface area contributed by atoms with Crippen LogP contribution in [0, 0.1) is 5.82 Å². The van der Waals surface area contributed by atoms with Crippen LogP contribution in [0.15, 0.2) is 59.5 Å². The maximum Gasteiger partial charge on any atom is 0.258 e. The quantitative estimate of drug-likeness (QED) is 0.809. The Kier molecular flexibility index (Phi) is 3.93. The lowest BCUT2D eigenvalue weighted by molar-refractivity contribution is -0.115. The van der Waals surface area contributed by atoms with Crippen molar-refractivity contribution in [2.45, 2.75) is 6.42 Å². The minimum atomic E-state index is -0.408. The van der Waals surface area contributed by atoms with Crippen molar-refractivity contribution in [2.75, 3.05) is 5.32 Å². The van der Waals surface area contributed by atoms with Gasteiger partial charge in [-0.2, -0.15) is 0 Å². The van der Waals surface area contributed by atoms with Crippen LogP contribution in [0.2, 0.25) is 0 Å².